The summed E-state index contributed by atoms with van der Waals surface area (Å²) in [6.45, 7) is 11.5. The van der Waals surface area contributed by atoms with Crippen LogP contribution in [0.5, 0.6) is 0 Å². The predicted molar refractivity (Wildman–Crippen MR) is 155 cm³/mol. The molecule has 0 saturated heterocycles. The second-order valence-corrected chi connectivity index (χ2v) is 11.5. The van der Waals surface area contributed by atoms with Crippen molar-refractivity contribution < 1.29 is 0 Å². The number of unbranched alkanes of at least 4 members (excludes halogenated alkanes) is 11. The lowest BCUT2D eigenvalue weighted by Gasteiger charge is -2.18. The van der Waals surface area contributed by atoms with Gasteiger partial charge in [-0.25, -0.2) is 0 Å². The van der Waals surface area contributed by atoms with Crippen molar-refractivity contribution in [2.24, 2.45) is 0 Å². The first kappa shape index (κ1) is 28.4. The zero-order chi connectivity index (χ0) is 24.7. The third-order valence-corrected chi connectivity index (χ3v) is 7.24. The Morgan fingerprint density at radius 1 is 0.588 bits per heavy atom. The summed E-state index contributed by atoms with van der Waals surface area (Å²) in [7, 11) is 0. The van der Waals surface area contributed by atoms with Crippen LogP contribution in [0.4, 0.5) is 0 Å². The summed E-state index contributed by atoms with van der Waals surface area (Å²) in [6, 6.07) is 18.1. The van der Waals surface area contributed by atoms with Gasteiger partial charge in [-0.1, -0.05) is 172 Å². The van der Waals surface area contributed by atoms with Crippen molar-refractivity contribution >= 4 is 12.2 Å². The molecule has 0 aliphatic rings. The van der Waals surface area contributed by atoms with Crippen LogP contribution >= 0.6 is 0 Å². The topological polar surface area (TPSA) is 0 Å². The average molecular weight is 461 g/mol. The van der Waals surface area contributed by atoms with E-state index in [0.29, 0.717) is 5.92 Å². The molecule has 0 fully saturated rings. The molecule has 0 bridgehead atoms. The minimum absolute atomic E-state index is 0.210. The van der Waals surface area contributed by atoms with E-state index in [9.17, 15) is 0 Å². The molecule has 1 unspecified atom stereocenters. The fraction of sp³-hybridized carbons (Fsp3) is 0.588. The molecule has 2 aromatic rings. The molecule has 0 spiro atoms. The molecule has 0 nitrogen and oxygen atoms in total. The number of rotatable bonds is 16. The Balaban J connectivity index is 1.61. The molecule has 0 heterocycles. The standard InChI is InChI=1S/C34H52/c1-6-7-8-9-10-11-12-13-14-15-16-17-18-29(2)32-25-21-30(22-26-32)19-20-31-23-27-33(28-24-31)34(3,4)5/h19-29H,6-18H2,1-5H3/b20-19+. The molecule has 1 atom stereocenters. The summed E-state index contributed by atoms with van der Waals surface area (Å²) in [5.74, 6) is 0.658. The first-order chi connectivity index (χ1) is 16.4. The van der Waals surface area contributed by atoms with Gasteiger partial charge in [0.25, 0.3) is 0 Å². The highest BCUT2D eigenvalue weighted by Gasteiger charge is 2.12. The van der Waals surface area contributed by atoms with E-state index in [1.807, 2.05) is 0 Å². The van der Waals surface area contributed by atoms with Crippen LogP contribution in [0.15, 0.2) is 48.5 Å². The van der Waals surface area contributed by atoms with E-state index >= 15 is 0 Å². The molecule has 0 aliphatic carbocycles. The SMILES string of the molecule is CCCCCCCCCCCCCCC(C)c1ccc(/C=C/c2ccc(C(C)(C)C)cc2)cc1. The maximum Gasteiger partial charge on any atom is -0.0132 e. The van der Waals surface area contributed by atoms with E-state index in [2.05, 4.69) is 95.3 Å². The third kappa shape index (κ3) is 11.5. The lowest BCUT2D eigenvalue weighted by atomic mass is 9.87. The quantitative estimate of drug-likeness (QED) is 0.172. The van der Waals surface area contributed by atoms with Crippen LogP contribution in [0, 0.1) is 0 Å². The Bertz CT molecular complexity index is 785. The van der Waals surface area contributed by atoms with Gasteiger partial charge in [0.15, 0.2) is 0 Å². The second kappa shape index (κ2) is 16.0. The van der Waals surface area contributed by atoms with E-state index in [1.54, 1.807) is 0 Å². The Morgan fingerprint density at radius 3 is 1.44 bits per heavy atom. The maximum absolute atomic E-state index is 2.39. The highest BCUT2D eigenvalue weighted by atomic mass is 14.2. The van der Waals surface area contributed by atoms with E-state index in [0.717, 1.165) is 0 Å². The van der Waals surface area contributed by atoms with Gasteiger partial charge in [-0.3, -0.25) is 0 Å². The summed E-state index contributed by atoms with van der Waals surface area (Å²) >= 11 is 0. The van der Waals surface area contributed by atoms with Gasteiger partial charge in [0, 0.05) is 0 Å². The molecule has 0 saturated carbocycles. The van der Waals surface area contributed by atoms with Crippen LogP contribution in [0.1, 0.15) is 146 Å². The van der Waals surface area contributed by atoms with Crippen LogP contribution < -0.4 is 0 Å². The minimum Gasteiger partial charge on any atom is -0.0654 e. The molecule has 0 amide bonds. The fourth-order valence-electron chi connectivity index (χ4n) is 4.68. The Hall–Kier alpha value is -1.82. The molecule has 0 aromatic heterocycles. The Morgan fingerprint density at radius 2 is 1.00 bits per heavy atom. The second-order valence-electron chi connectivity index (χ2n) is 11.5. The van der Waals surface area contributed by atoms with Crippen molar-refractivity contribution in [3.05, 3.63) is 70.8 Å². The molecule has 0 heteroatoms. The molecule has 34 heavy (non-hydrogen) atoms. The van der Waals surface area contributed by atoms with Gasteiger partial charge in [0.1, 0.15) is 0 Å². The fourth-order valence-corrected chi connectivity index (χ4v) is 4.68. The molecular weight excluding hydrogens is 408 g/mol. The molecule has 0 aliphatic heterocycles. The van der Waals surface area contributed by atoms with Gasteiger partial charge < -0.3 is 0 Å². The van der Waals surface area contributed by atoms with Crippen LogP contribution in [-0.4, -0.2) is 0 Å². The number of benzene rings is 2. The normalized spacial score (nSPS) is 13.0. The lowest BCUT2D eigenvalue weighted by molar-refractivity contribution is 0.528. The summed E-state index contributed by atoms with van der Waals surface area (Å²) in [5, 5.41) is 0. The highest BCUT2D eigenvalue weighted by molar-refractivity contribution is 5.69. The van der Waals surface area contributed by atoms with Crippen molar-refractivity contribution in [2.45, 2.75) is 129 Å². The van der Waals surface area contributed by atoms with Crippen molar-refractivity contribution in [3.8, 4) is 0 Å². The zero-order valence-corrected chi connectivity index (χ0v) is 23.0. The van der Waals surface area contributed by atoms with Crippen molar-refractivity contribution in [3.63, 3.8) is 0 Å². The van der Waals surface area contributed by atoms with Crippen molar-refractivity contribution in [1.29, 1.82) is 0 Å². The van der Waals surface area contributed by atoms with Crippen LogP contribution in [-0.2, 0) is 5.41 Å². The predicted octanol–water partition coefficient (Wildman–Crippen LogP) is 11.3. The first-order valence-electron chi connectivity index (χ1n) is 14.3. The van der Waals surface area contributed by atoms with Gasteiger partial charge in [-0.15, -0.1) is 0 Å². The summed E-state index contributed by atoms with van der Waals surface area (Å²) in [5.41, 5.74) is 5.62. The van der Waals surface area contributed by atoms with E-state index in [1.165, 1.54) is 106 Å². The minimum atomic E-state index is 0.210. The summed E-state index contributed by atoms with van der Waals surface area (Å²) < 4.78 is 0. The maximum atomic E-state index is 2.39. The molecule has 0 radical (unpaired) electrons. The van der Waals surface area contributed by atoms with Crippen LogP contribution in [0.2, 0.25) is 0 Å². The Kier molecular flexibility index (Phi) is 13.3. The summed E-state index contributed by atoms with van der Waals surface area (Å²) in [6.07, 6.45) is 22.9. The van der Waals surface area contributed by atoms with E-state index in [4.69, 9.17) is 0 Å². The molecule has 0 N–H and O–H groups in total. The number of hydrogen-bond acceptors (Lipinski definition) is 0. The van der Waals surface area contributed by atoms with E-state index in [-0.39, 0.29) is 5.41 Å². The van der Waals surface area contributed by atoms with Gasteiger partial charge in [-0.2, -0.15) is 0 Å². The molecule has 2 aromatic carbocycles. The first-order valence-corrected chi connectivity index (χ1v) is 14.3. The van der Waals surface area contributed by atoms with Crippen LogP contribution in [0.3, 0.4) is 0 Å². The molecule has 2 rings (SSSR count). The lowest BCUT2D eigenvalue weighted by Crippen LogP contribution is -2.10. The largest absolute Gasteiger partial charge is 0.0654 e. The summed E-state index contributed by atoms with van der Waals surface area (Å²) in [4.78, 5) is 0. The smallest absolute Gasteiger partial charge is 0.0132 e. The van der Waals surface area contributed by atoms with Gasteiger partial charge in [0.05, 0.1) is 0 Å². The Labute approximate surface area is 212 Å². The van der Waals surface area contributed by atoms with E-state index < -0.39 is 0 Å². The molecule has 188 valence electrons. The average Bonchev–Trinajstić information content (AvgIpc) is 2.83. The highest BCUT2D eigenvalue weighted by Crippen LogP contribution is 2.25. The number of hydrogen-bond donors (Lipinski definition) is 0. The van der Waals surface area contributed by atoms with Crippen LogP contribution in [0.25, 0.3) is 12.2 Å². The van der Waals surface area contributed by atoms with Gasteiger partial charge in [-0.05, 0) is 40.0 Å². The monoisotopic (exact) mass is 460 g/mol. The van der Waals surface area contributed by atoms with Gasteiger partial charge in [0.2, 0.25) is 0 Å². The zero-order valence-electron chi connectivity index (χ0n) is 23.0. The van der Waals surface area contributed by atoms with Crippen molar-refractivity contribution in [1.82, 2.24) is 0 Å². The molecular formula is C34H52. The van der Waals surface area contributed by atoms with Crippen molar-refractivity contribution in [2.75, 3.05) is 0 Å². The third-order valence-electron chi connectivity index (χ3n) is 7.24. The van der Waals surface area contributed by atoms with Gasteiger partial charge >= 0.3 is 0 Å².